The summed E-state index contributed by atoms with van der Waals surface area (Å²) in [6, 6.07) is 5.26. The molecule has 0 amide bonds. The van der Waals surface area contributed by atoms with Crippen LogP contribution >= 0.6 is 23.2 Å². The van der Waals surface area contributed by atoms with Crippen LogP contribution in [0.25, 0.3) is 0 Å². The Kier molecular flexibility index (Phi) is 4.58. The number of benzene rings is 1. The normalized spacial score (nSPS) is 11.3. The summed E-state index contributed by atoms with van der Waals surface area (Å²) >= 11 is 11.7. The second kappa shape index (κ2) is 5.72. The molecule has 4 N–H and O–H groups in total. The van der Waals surface area contributed by atoms with Gasteiger partial charge in [-0.15, -0.1) is 5.10 Å². The highest BCUT2D eigenvalue weighted by Crippen LogP contribution is 2.23. The first-order valence-corrected chi connectivity index (χ1v) is 5.41. The Morgan fingerprint density at radius 2 is 1.88 bits per heavy atom. The highest BCUT2D eigenvalue weighted by atomic mass is 35.5. The van der Waals surface area contributed by atoms with Crippen LogP contribution in [0.2, 0.25) is 10.0 Å². The SMILES string of the molecule is CC/C(=N/N=C(N)N)c1ccc(Cl)c(Cl)c1. The molecule has 0 saturated carbocycles. The predicted molar refractivity (Wildman–Crippen MR) is 69.1 cm³/mol. The first kappa shape index (κ1) is 12.8. The lowest BCUT2D eigenvalue weighted by molar-refractivity contribution is 1.15. The maximum absolute atomic E-state index is 5.91. The van der Waals surface area contributed by atoms with Crippen molar-refractivity contribution in [2.45, 2.75) is 13.3 Å². The lowest BCUT2D eigenvalue weighted by Crippen LogP contribution is -2.22. The van der Waals surface area contributed by atoms with Gasteiger partial charge in [0.2, 0.25) is 5.96 Å². The van der Waals surface area contributed by atoms with Gasteiger partial charge in [0.25, 0.3) is 0 Å². The highest BCUT2D eigenvalue weighted by molar-refractivity contribution is 6.42. The molecule has 4 nitrogen and oxygen atoms in total. The van der Waals surface area contributed by atoms with Crippen LogP contribution in [-0.2, 0) is 0 Å². The monoisotopic (exact) mass is 258 g/mol. The lowest BCUT2D eigenvalue weighted by Gasteiger charge is -2.03. The standard InChI is InChI=1S/C10H12Cl2N4/c1-2-9(15-16-10(13)14)6-3-4-7(11)8(12)5-6/h3-5H,2H2,1H3,(H4,13,14,16)/b15-9-. The molecule has 1 rings (SSSR count). The minimum absolute atomic E-state index is 0.0778. The van der Waals surface area contributed by atoms with Gasteiger partial charge in [0.05, 0.1) is 15.8 Å². The van der Waals surface area contributed by atoms with Crippen molar-refractivity contribution in [2.24, 2.45) is 21.7 Å². The zero-order valence-corrected chi connectivity index (χ0v) is 10.3. The zero-order valence-electron chi connectivity index (χ0n) is 8.74. The van der Waals surface area contributed by atoms with Gasteiger partial charge in [-0.1, -0.05) is 36.2 Å². The number of guanidine groups is 1. The fourth-order valence-electron chi connectivity index (χ4n) is 1.13. The van der Waals surface area contributed by atoms with Gasteiger partial charge < -0.3 is 11.5 Å². The third-order valence-corrected chi connectivity index (χ3v) is 2.61. The Labute approximate surface area is 104 Å². The largest absolute Gasteiger partial charge is 0.369 e. The topological polar surface area (TPSA) is 76.8 Å². The number of rotatable bonds is 3. The van der Waals surface area contributed by atoms with Crippen LogP contribution in [0.1, 0.15) is 18.9 Å². The minimum Gasteiger partial charge on any atom is -0.369 e. The van der Waals surface area contributed by atoms with Crippen LogP contribution in [-0.4, -0.2) is 11.7 Å². The van der Waals surface area contributed by atoms with Crippen molar-refractivity contribution in [3.63, 3.8) is 0 Å². The van der Waals surface area contributed by atoms with E-state index in [2.05, 4.69) is 10.2 Å². The Hall–Kier alpha value is -1.26. The van der Waals surface area contributed by atoms with E-state index >= 15 is 0 Å². The number of halogens is 2. The third kappa shape index (κ3) is 3.40. The zero-order chi connectivity index (χ0) is 12.1. The summed E-state index contributed by atoms with van der Waals surface area (Å²) in [6.07, 6.45) is 0.689. The molecule has 0 saturated heterocycles. The number of hydrogen-bond acceptors (Lipinski definition) is 2. The van der Waals surface area contributed by atoms with Crippen LogP contribution in [0.15, 0.2) is 28.4 Å². The van der Waals surface area contributed by atoms with Gasteiger partial charge in [0.1, 0.15) is 0 Å². The molecule has 0 radical (unpaired) electrons. The Balaban J connectivity index is 3.09. The summed E-state index contributed by atoms with van der Waals surface area (Å²) in [7, 11) is 0. The van der Waals surface area contributed by atoms with Crippen LogP contribution in [0, 0.1) is 0 Å². The van der Waals surface area contributed by atoms with Crippen LogP contribution in [0.3, 0.4) is 0 Å². The first-order chi connectivity index (χ1) is 7.54. The minimum atomic E-state index is -0.0778. The molecule has 0 heterocycles. The molecule has 6 heteroatoms. The van der Waals surface area contributed by atoms with Crippen molar-refractivity contribution in [2.75, 3.05) is 0 Å². The van der Waals surface area contributed by atoms with E-state index in [1.165, 1.54) is 0 Å². The van der Waals surface area contributed by atoms with Gasteiger partial charge >= 0.3 is 0 Å². The van der Waals surface area contributed by atoms with Crippen molar-refractivity contribution in [3.05, 3.63) is 33.8 Å². The van der Waals surface area contributed by atoms with Gasteiger partial charge in [-0.2, -0.15) is 5.10 Å². The van der Waals surface area contributed by atoms with E-state index in [-0.39, 0.29) is 5.96 Å². The molecule has 16 heavy (non-hydrogen) atoms. The summed E-state index contributed by atoms with van der Waals surface area (Å²) in [5, 5.41) is 8.52. The van der Waals surface area contributed by atoms with Crippen LogP contribution in [0.5, 0.6) is 0 Å². The molecule has 0 bridgehead atoms. The maximum Gasteiger partial charge on any atom is 0.211 e. The molecular weight excluding hydrogens is 247 g/mol. The van der Waals surface area contributed by atoms with E-state index in [0.717, 1.165) is 11.3 Å². The van der Waals surface area contributed by atoms with E-state index in [0.29, 0.717) is 16.5 Å². The second-order valence-electron chi connectivity index (χ2n) is 3.05. The van der Waals surface area contributed by atoms with Crippen molar-refractivity contribution >= 4 is 34.9 Å². The average molecular weight is 259 g/mol. The van der Waals surface area contributed by atoms with Gasteiger partial charge in [0.15, 0.2) is 0 Å². The first-order valence-electron chi connectivity index (χ1n) is 4.65. The fraction of sp³-hybridized carbons (Fsp3) is 0.200. The molecule has 1 aromatic rings. The molecule has 0 fully saturated rings. The summed E-state index contributed by atoms with van der Waals surface area (Å²) in [6.45, 7) is 1.95. The summed E-state index contributed by atoms with van der Waals surface area (Å²) in [4.78, 5) is 0. The molecule has 0 aliphatic rings. The third-order valence-electron chi connectivity index (χ3n) is 1.87. The molecular formula is C10H12Cl2N4. The van der Waals surface area contributed by atoms with Gasteiger partial charge in [-0.25, -0.2) is 0 Å². The van der Waals surface area contributed by atoms with Gasteiger partial charge in [-0.05, 0) is 24.1 Å². The number of nitrogens with two attached hydrogens (primary N) is 2. The molecule has 0 atom stereocenters. The van der Waals surface area contributed by atoms with E-state index < -0.39 is 0 Å². The molecule has 0 aliphatic carbocycles. The van der Waals surface area contributed by atoms with Crippen molar-refractivity contribution < 1.29 is 0 Å². The van der Waals surface area contributed by atoms with Gasteiger partial charge in [-0.3, -0.25) is 0 Å². The number of hydrogen-bond donors (Lipinski definition) is 2. The molecule has 0 aliphatic heterocycles. The average Bonchev–Trinajstić information content (AvgIpc) is 2.23. The lowest BCUT2D eigenvalue weighted by atomic mass is 10.1. The fourth-order valence-corrected chi connectivity index (χ4v) is 1.42. The quantitative estimate of drug-likeness (QED) is 0.496. The van der Waals surface area contributed by atoms with Gasteiger partial charge in [0, 0.05) is 0 Å². The van der Waals surface area contributed by atoms with E-state index in [1.54, 1.807) is 12.1 Å². The Bertz CT molecular complexity index is 436. The van der Waals surface area contributed by atoms with E-state index in [4.69, 9.17) is 34.7 Å². The molecule has 0 spiro atoms. The van der Waals surface area contributed by atoms with Crippen molar-refractivity contribution in [1.29, 1.82) is 0 Å². The van der Waals surface area contributed by atoms with E-state index in [1.807, 2.05) is 13.0 Å². The molecule has 0 aromatic heterocycles. The smallest absolute Gasteiger partial charge is 0.211 e. The van der Waals surface area contributed by atoms with Crippen LogP contribution in [0.4, 0.5) is 0 Å². The molecule has 86 valence electrons. The van der Waals surface area contributed by atoms with E-state index in [9.17, 15) is 0 Å². The summed E-state index contributed by atoms with van der Waals surface area (Å²) < 4.78 is 0. The van der Waals surface area contributed by atoms with Crippen molar-refractivity contribution in [3.8, 4) is 0 Å². The predicted octanol–water partition coefficient (Wildman–Crippen LogP) is 2.38. The van der Waals surface area contributed by atoms with Crippen LogP contribution < -0.4 is 11.5 Å². The number of nitrogens with zero attached hydrogens (tertiary/aromatic N) is 2. The molecule has 0 unspecified atom stereocenters. The van der Waals surface area contributed by atoms with Crippen molar-refractivity contribution in [1.82, 2.24) is 0 Å². The molecule has 1 aromatic carbocycles. The Morgan fingerprint density at radius 1 is 1.19 bits per heavy atom. The summed E-state index contributed by atoms with van der Waals surface area (Å²) in [5.41, 5.74) is 12.0. The second-order valence-corrected chi connectivity index (χ2v) is 3.87. The highest BCUT2D eigenvalue weighted by Gasteiger charge is 2.04. The maximum atomic E-state index is 5.91. The summed E-state index contributed by atoms with van der Waals surface area (Å²) in [5.74, 6) is -0.0778. The Morgan fingerprint density at radius 3 is 2.38 bits per heavy atom.